The summed E-state index contributed by atoms with van der Waals surface area (Å²) in [5.41, 5.74) is 4.05. The zero-order valence-corrected chi connectivity index (χ0v) is 11.1. The van der Waals surface area contributed by atoms with Crippen molar-refractivity contribution >= 4 is 5.97 Å². The molecule has 3 nitrogen and oxygen atoms in total. The Hall–Kier alpha value is -2.16. The molecule has 98 valence electrons. The average Bonchev–Trinajstić information content (AvgIpc) is 2.38. The van der Waals surface area contributed by atoms with Crippen molar-refractivity contribution in [2.24, 2.45) is 0 Å². The molecular formula is C16H17NO2. The highest BCUT2D eigenvalue weighted by atomic mass is 16.4. The number of nitrogens with zero attached hydrogens (tertiary/aromatic N) is 1. The third-order valence-electron chi connectivity index (χ3n) is 3.29. The number of carboxylic acids is 1. The first kappa shape index (κ1) is 13.3. The van der Waals surface area contributed by atoms with Crippen LogP contribution in [0.1, 0.15) is 28.2 Å². The zero-order valence-electron chi connectivity index (χ0n) is 11.1. The summed E-state index contributed by atoms with van der Waals surface area (Å²) >= 11 is 0. The van der Waals surface area contributed by atoms with Crippen LogP contribution in [0, 0.1) is 13.8 Å². The van der Waals surface area contributed by atoms with Gasteiger partial charge in [0.2, 0.25) is 0 Å². The molecule has 2 aromatic rings. The van der Waals surface area contributed by atoms with Gasteiger partial charge in [-0.05, 0) is 49.1 Å². The van der Waals surface area contributed by atoms with Crippen molar-refractivity contribution in [3.05, 3.63) is 65.0 Å². The zero-order chi connectivity index (χ0) is 13.8. The second-order valence-electron chi connectivity index (χ2n) is 4.81. The summed E-state index contributed by atoms with van der Waals surface area (Å²) in [6, 6.07) is 9.63. The molecule has 0 fully saturated rings. The van der Waals surface area contributed by atoms with Gasteiger partial charge in [-0.25, -0.2) is 0 Å². The van der Waals surface area contributed by atoms with Gasteiger partial charge in [0.1, 0.15) is 0 Å². The molecule has 0 saturated heterocycles. The topological polar surface area (TPSA) is 50.2 Å². The van der Waals surface area contributed by atoms with E-state index in [9.17, 15) is 9.90 Å². The Morgan fingerprint density at radius 2 is 1.89 bits per heavy atom. The van der Waals surface area contributed by atoms with Crippen LogP contribution in [0.3, 0.4) is 0 Å². The smallest absolute Gasteiger partial charge is 0.311 e. The van der Waals surface area contributed by atoms with Crippen molar-refractivity contribution < 1.29 is 9.90 Å². The highest BCUT2D eigenvalue weighted by Gasteiger charge is 2.21. The fraction of sp³-hybridized carbons (Fsp3) is 0.250. The molecule has 2 rings (SSSR count). The first-order valence-electron chi connectivity index (χ1n) is 6.27. The largest absolute Gasteiger partial charge is 0.481 e. The van der Waals surface area contributed by atoms with Crippen molar-refractivity contribution in [1.82, 2.24) is 4.98 Å². The number of benzene rings is 1. The predicted molar refractivity (Wildman–Crippen MR) is 74.2 cm³/mol. The van der Waals surface area contributed by atoms with E-state index in [0.29, 0.717) is 6.42 Å². The monoisotopic (exact) mass is 255 g/mol. The lowest BCUT2D eigenvalue weighted by atomic mass is 9.89. The van der Waals surface area contributed by atoms with Crippen LogP contribution in [0.2, 0.25) is 0 Å². The molecule has 0 amide bonds. The molecule has 1 heterocycles. The Morgan fingerprint density at radius 1 is 1.21 bits per heavy atom. The maximum atomic E-state index is 11.5. The molecule has 0 radical (unpaired) electrons. The third kappa shape index (κ3) is 3.19. The highest BCUT2D eigenvalue weighted by Crippen LogP contribution is 2.25. The summed E-state index contributed by atoms with van der Waals surface area (Å²) in [5.74, 6) is -1.30. The lowest BCUT2D eigenvalue weighted by molar-refractivity contribution is -0.138. The van der Waals surface area contributed by atoms with Crippen LogP contribution in [0.5, 0.6) is 0 Å². The number of rotatable bonds is 4. The van der Waals surface area contributed by atoms with Crippen molar-refractivity contribution in [2.45, 2.75) is 26.2 Å². The second kappa shape index (κ2) is 5.65. The van der Waals surface area contributed by atoms with Gasteiger partial charge < -0.3 is 5.11 Å². The Balaban J connectivity index is 2.33. The second-order valence-corrected chi connectivity index (χ2v) is 4.81. The summed E-state index contributed by atoms with van der Waals surface area (Å²) in [6.45, 7) is 3.97. The predicted octanol–water partition coefficient (Wildman–Crippen LogP) is 3.11. The molecule has 1 aromatic heterocycles. The molecular weight excluding hydrogens is 238 g/mol. The van der Waals surface area contributed by atoms with Crippen LogP contribution in [0.15, 0.2) is 42.7 Å². The first-order chi connectivity index (χ1) is 9.08. The van der Waals surface area contributed by atoms with Gasteiger partial charge in [0.05, 0.1) is 5.92 Å². The number of aliphatic carboxylic acids is 1. The van der Waals surface area contributed by atoms with E-state index < -0.39 is 11.9 Å². The van der Waals surface area contributed by atoms with E-state index >= 15 is 0 Å². The number of pyridine rings is 1. The van der Waals surface area contributed by atoms with Gasteiger partial charge in [-0.1, -0.05) is 23.8 Å². The minimum Gasteiger partial charge on any atom is -0.481 e. The van der Waals surface area contributed by atoms with Crippen molar-refractivity contribution in [2.75, 3.05) is 0 Å². The van der Waals surface area contributed by atoms with E-state index in [0.717, 1.165) is 22.3 Å². The van der Waals surface area contributed by atoms with Gasteiger partial charge in [0.15, 0.2) is 0 Å². The van der Waals surface area contributed by atoms with E-state index in [2.05, 4.69) is 4.98 Å². The van der Waals surface area contributed by atoms with E-state index in [1.807, 2.05) is 44.2 Å². The Labute approximate surface area is 112 Å². The Morgan fingerprint density at radius 3 is 2.47 bits per heavy atom. The highest BCUT2D eigenvalue weighted by molar-refractivity contribution is 5.77. The van der Waals surface area contributed by atoms with Crippen molar-refractivity contribution in [3.8, 4) is 0 Å². The summed E-state index contributed by atoms with van der Waals surface area (Å²) in [6.07, 6.45) is 3.87. The van der Waals surface area contributed by atoms with Crippen LogP contribution in [-0.2, 0) is 11.2 Å². The normalized spacial score (nSPS) is 12.1. The number of aromatic nitrogens is 1. The van der Waals surface area contributed by atoms with Crippen LogP contribution in [0.4, 0.5) is 0 Å². The maximum absolute atomic E-state index is 11.5. The molecule has 0 aliphatic carbocycles. The molecule has 0 aliphatic heterocycles. The lowest BCUT2D eigenvalue weighted by Crippen LogP contribution is -2.15. The van der Waals surface area contributed by atoms with Crippen molar-refractivity contribution in [1.29, 1.82) is 0 Å². The fourth-order valence-electron chi connectivity index (χ4n) is 2.30. The SMILES string of the molecule is Cc1ccc(C(Cc2ccncc2)C(=O)O)c(C)c1. The maximum Gasteiger partial charge on any atom is 0.311 e. The number of aryl methyl sites for hydroxylation is 2. The van der Waals surface area contributed by atoms with Gasteiger partial charge >= 0.3 is 5.97 Å². The first-order valence-corrected chi connectivity index (χ1v) is 6.27. The van der Waals surface area contributed by atoms with Crippen LogP contribution < -0.4 is 0 Å². The number of carbonyl (C=O) groups is 1. The standard InChI is InChI=1S/C16H17NO2/c1-11-3-4-14(12(2)9-11)15(16(18)19)10-13-5-7-17-8-6-13/h3-9,15H,10H2,1-2H3,(H,18,19). The summed E-state index contributed by atoms with van der Waals surface area (Å²) < 4.78 is 0. The van der Waals surface area contributed by atoms with E-state index in [1.54, 1.807) is 12.4 Å². The molecule has 0 saturated carbocycles. The van der Waals surface area contributed by atoms with Gasteiger partial charge in [0.25, 0.3) is 0 Å². The molecule has 19 heavy (non-hydrogen) atoms. The minimum atomic E-state index is -0.788. The van der Waals surface area contributed by atoms with Crippen LogP contribution >= 0.6 is 0 Å². The van der Waals surface area contributed by atoms with Gasteiger partial charge in [-0.15, -0.1) is 0 Å². The summed E-state index contributed by atoms with van der Waals surface area (Å²) in [4.78, 5) is 15.5. The molecule has 1 atom stereocenters. The fourth-order valence-corrected chi connectivity index (χ4v) is 2.30. The van der Waals surface area contributed by atoms with Crippen LogP contribution in [0.25, 0.3) is 0 Å². The van der Waals surface area contributed by atoms with E-state index in [4.69, 9.17) is 0 Å². The van der Waals surface area contributed by atoms with Gasteiger partial charge in [-0.2, -0.15) is 0 Å². The third-order valence-corrected chi connectivity index (χ3v) is 3.29. The molecule has 0 bridgehead atoms. The quantitative estimate of drug-likeness (QED) is 0.913. The van der Waals surface area contributed by atoms with Crippen molar-refractivity contribution in [3.63, 3.8) is 0 Å². The van der Waals surface area contributed by atoms with E-state index in [1.165, 1.54) is 0 Å². The summed E-state index contributed by atoms with van der Waals surface area (Å²) in [5, 5.41) is 9.47. The molecule has 3 heteroatoms. The lowest BCUT2D eigenvalue weighted by Gasteiger charge is -2.16. The number of hydrogen-bond acceptors (Lipinski definition) is 2. The van der Waals surface area contributed by atoms with Gasteiger partial charge in [-0.3, -0.25) is 9.78 Å². The minimum absolute atomic E-state index is 0.488. The van der Waals surface area contributed by atoms with Gasteiger partial charge in [0, 0.05) is 12.4 Å². The number of hydrogen-bond donors (Lipinski definition) is 1. The van der Waals surface area contributed by atoms with Crippen LogP contribution in [-0.4, -0.2) is 16.1 Å². The molecule has 0 aliphatic rings. The number of carboxylic acid groups (broad SMARTS) is 1. The Bertz CT molecular complexity index is 579. The molecule has 1 unspecified atom stereocenters. The molecule has 1 N–H and O–H groups in total. The molecule has 1 aromatic carbocycles. The molecule has 0 spiro atoms. The summed E-state index contributed by atoms with van der Waals surface area (Å²) in [7, 11) is 0. The average molecular weight is 255 g/mol. The van der Waals surface area contributed by atoms with E-state index in [-0.39, 0.29) is 0 Å². The Kier molecular flexibility index (Phi) is 3.95.